The normalized spacial score (nSPS) is 22.8. The summed E-state index contributed by atoms with van der Waals surface area (Å²) < 4.78 is 7.55. The number of hydrogen-bond acceptors (Lipinski definition) is 5. The van der Waals surface area contributed by atoms with E-state index in [1.807, 2.05) is 57.5 Å². The number of rotatable bonds is 7. The third-order valence-corrected chi connectivity index (χ3v) is 8.65. The highest BCUT2D eigenvalue weighted by Gasteiger charge is 2.40. The SMILES string of the molecule is CC(C(=O)Nc1cc([C@H]2CC[C@@H](OC(=O)NC3(C)CC3)C2)nn1C(C)(C)C)c1ccc(N2CCCC2=O)cc1Cl. The molecule has 1 aliphatic heterocycles. The molecule has 2 heterocycles. The van der Waals surface area contributed by atoms with Crippen molar-refractivity contribution in [1.29, 1.82) is 0 Å². The minimum absolute atomic E-state index is 0.0943. The van der Waals surface area contributed by atoms with E-state index in [2.05, 4.69) is 10.6 Å². The van der Waals surface area contributed by atoms with E-state index >= 15 is 0 Å². The van der Waals surface area contributed by atoms with Crippen LogP contribution < -0.4 is 15.5 Å². The maximum atomic E-state index is 13.4. The number of anilines is 2. The summed E-state index contributed by atoms with van der Waals surface area (Å²) in [4.78, 5) is 39.6. The number of alkyl carbamates (subject to hydrolysis) is 1. The minimum atomic E-state index is -0.515. The van der Waals surface area contributed by atoms with Gasteiger partial charge in [-0.15, -0.1) is 0 Å². The van der Waals surface area contributed by atoms with Crippen LogP contribution in [0.1, 0.15) is 103 Å². The molecule has 10 heteroatoms. The van der Waals surface area contributed by atoms with Crippen molar-refractivity contribution in [2.75, 3.05) is 16.8 Å². The quantitative estimate of drug-likeness (QED) is 0.420. The predicted octanol–water partition coefficient (Wildman–Crippen LogP) is 6.08. The van der Waals surface area contributed by atoms with E-state index in [0.717, 1.165) is 43.5 Å². The highest BCUT2D eigenvalue weighted by atomic mass is 35.5. The molecule has 3 aliphatic rings. The average Bonchev–Trinajstić information content (AvgIpc) is 3.27. The van der Waals surface area contributed by atoms with Crippen molar-refractivity contribution in [1.82, 2.24) is 15.1 Å². The van der Waals surface area contributed by atoms with Gasteiger partial charge in [-0.2, -0.15) is 5.10 Å². The third kappa shape index (κ3) is 6.14. The van der Waals surface area contributed by atoms with Gasteiger partial charge < -0.3 is 20.3 Å². The first-order valence-electron chi connectivity index (χ1n) is 14.3. The van der Waals surface area contributed by atoms with E-state index in [9.17, 15) is 14.4 Å². The van der Waals surface area contributed by atoms with Crippen LogP contribution in [0, 0.1) is 0 Å². The van der Waals surface area contributed by atoms with Crippen LogP contribution in [0.3, 0.4) is 0 Å². The fourth-order valence-electron chi connectivity index (χ4n) is 5.59. The zero-order valence-corrected chi connectivity index (χ0v) is 24.8. The summed E-state index contributed by atoms with van der Waals surface area (Å²) in [5, 5.41) is 11.4. The fourth-order valence-corrected chi connectivity index (χ4v) is 5.93. The number of ether oxygens (including phenoxy) is 1. The van der Waals surface area contributed by atoms with Crippen molar-refractivity contribution in [3.05, 3.63) is 40.5 Å². The van der Waals surface area contributed by atoms with E-state index in [1.54, 1.807) is 11.0 Å². The Morgan fingerprint density at radius 3 is 2.58 bits per heavy atom. The van der Waals surface area contributed by atoms with Crippen molar-refractivity contribution in [2.24, 2.45) is 0 Å². The summed E-state index contributed by atoms with van der Waals surface area (Å²) in [6, 6.07) is 7.40. The van der Waals surface area contributed by atoms with Crippen LogP contribution in [0.25, 0.3) is 0 Å². The Morgan fingerprint density at radius 1 is 1.20 bits per heavy atom. The van der Waals surface area contributed by atoms with Gasteiger partial charge in [-0.05, 0) is 90.8 Å². The molecule has 3 amide bonds. The molecular weight excluding hydrogens is 530 g/mol. The summed E-state index contributed by atoms with van der Waals surface area (Å²) in [5.41, 5.74) is 1.88. The monoisotopic (exact) mass is 569 g/mol. The summed E-state index contributed by atoms with van der Waals surface area (Å²) in [5.74, 6) is 0.150. The number of halogens is 1. The minimum Gasteiger partial charge on any atom is -0.446 e. The molecule has 1 aromatic heterocycles. The lowest BCUT2D eigenvalue weighted by molar-refractivity contribution is -0.118. The number of carbonyl (C=O) groups is 3. The molecule has 216 valence electrons. The van der Waals surface area contributed by atoms with Gasteiger partial charge in [0.25, 0.3) is 0 Å². The van der Waals surface area contributed by atoms with Gasteiger partial charge in [0.05, 0.1) is 17.2 Å². The smallest absolute Gasteiger partial charge is 0.407 e. The van der Waals surface area contributed by atoms with Crippen LogP contribution in [0.4, 0.5) is 16.3 Å². The Hall–Kier alpha value is -3.07. The van der Waals surface area contributed by atoms with Crippen LogP contribution in [-0.2, 0) is 19.9 Å². The summed E-state index contributed by atoms with van der Waals surface area (Å²) in [7, 11) is 0. The Bertz CT molecular complexity index is 1310. The number of carbonyl (C=O) groups excluding carboxylic acids is 3. The summed E-state index contributed by atoms with van der Waals surface area (Å²) in [6.07, 6.45) is 5.23. The maximum Gasteiger partial charge on any atom is 0.407 e. The number of nitrogens with zero attached hydrogens (tertiary/aromatic N) is 3. The van der Waals surface area contributed by atoms with Crippen molar-refractivity contribution in [2.45, 2.75) is 109 Å². The lowest BCUT2D eigenvalue weighted by Gasteiger charge is -2.23. The first-order chi connectivity index (χ1) is 18.8. The Labute approximate surface area is 241 Å². The second-order valence-electron chi connectivity index (χ2n) is 12.8. The molecule has 0 bridgehead atoms. The second-order valence-corrected chi connectivity index (χ2v) is 13.2. The summed E-state index contributed by atoms with van der Waals surface area (Å²) in [6.45, 7) is 10.7. The van der Waals surface area contributed by atoms with Gasteiger partial charge in [0.2, 0.25) is 11.8 Å². The van der Waals surface area contributed by atoms with Gasteiger partial charge in [-0.1, -0.05) is 17.7 Å². The lowest BCUT2D eigenvalue weighted by atomic mass is 9.99. The molecule has 2 aromatic rings. The molecule has 2 aliphatic carbocycles. The highest BCUT2D eigenvalue weighted by molar-refractivity contribution is 6.32. The Balaban J connectivity index is 1.27. The van der Waals surface area contributed by atoms with E-state index in [1.165, 1.54) is 0 Å². The molecule has 3 atom stereocenters. The maximum absolute atomic E-state index is 13.4. The number of benzene rings is 1. The van der Waals surface area contributed by atoms with Gasteiger partial charge in [-0.3, -0.25) is 9.59 Å². The van der Waals surface area contributed by atoms with Crippen molar-refractivity contribution in [3.63, 3.8) is 0 Å². The van der Waals surface area contributed by atoms with E-state index < -0.39 is 5.92 Å². The molecule has 0 radical (unpaired) electrons. The topological polar surface area (TPSA) is 106 Å². The average molecular weight is 570 g/mol. The highest BCUT2D eigenvalue weighted by Crippen LogP contribution is 2.39. The molecule has 0 spiro atoms. The lowest BCUT2D eigenvalue weighted by Crippen LogP contribution is -2.36. The van der Waals surface area contributed by atoms with E-state index in [0.29, 0.717) is 35.8 Å². The number of nitrogens with one attached hydrogen (secondary N) is 2. The fraction of sp³-hybridized carbons (Fsp3) is 0.600. The summed E-state index contributed by atoms with van der Waals surface area (Å²) >= 11 is 6.60. The van der Waals surface area contributed by atoms with Gasteiger partial charge in [-0.25, -0.2) is 9.48 Å². The van der Waals surface area contributed by atoms with Gasteiger partial charge in [0.1, 0.15) is 11.9 Å². The second kappa shape index (κ2) is 10.7. The number of aromatic nitrogens is 2. The van der Waals surface area contributed by atoms with Crippen LogP contribution >= 0.6 is 11.6 Å². The van der Waals surface area contributed by atoms with Crippen LogP contribution in [0.2, 0.25) is 5.02 Å². The van der Waals surface area contributed by atoms with Gasteiger partial charge in [0, 0.05) is 41.2 Å². The van der Waals surface area contributed by atoms with Crippen molar-refractivity contribution >= 4 is 41.0 Å². The van der Waals surface area contributed by atoms with Gasteiger partial charge >= 0.3 is 6.09 Å². The van der Waals surface area contributed by atoms with Crippen LogP contribution in [0.15, 0.2) is 24.3 Å². The molecule has 1 aromatic carbocycles. The van der Waals surface area contributed by atoms with Crippen molar-refractivity contribution < 1.29 is 19.1 Å². The molecule has 2 N–H and O–H groups in total. The standard InChI is InChI=1S/C30H40ClN5O4/c1-18(22-11-9-20(16-23(22)31)35-14-6-7-26(35)37)27(38)32-25-17-24(34-36(25)29(2,3)4)19-8-10-21(15-19)40-28(39)33-30(5)12-13-30/h9,11,16-19,21H,6-8,10,12-15H2,1-5H3,(H,32,38)(H,33,39)/t18?,19-,21+/m0/s1. The first kappa shape index (κ1) is 28.5. The van der Waals surface area contributed by atoms with Crippen LogP contribution in [0.5, 0.6) is 0 Å². The largest absolute Gasteiger partial charge is 0.446 e. The molecule has 1 saturated heterocycles. The van der Waals surface area contributed by atoms with Gasteiger partial charge in [0.15, 0.2) is 0 Å². The number of amides is 3. The molecule has 1 unspecified atom stereocenters. The molecular formula is C30H40ClN5O4. The first-order valence-corrected chi connectivity index (χ1v) is 14.7. The predicted molar refractivity (Wildman–Crippen MR) is 155 cm³/mol. The molecule has 9 nitrogen and oxygen atoms in total. The van der Waals surface area contributed by atoms with E-state index in [-0.39, 0.29) is 41.0 Å². The van der Waals surface area contributed by atoms with E-state index in [4.69, 9.17) is 21.4 Å². The molecule has 5 rings (SSSR count). The molecule has 40 heavy (non-hydrogen) atoms. The zero-order valence-electron chi connectivity index (χ0n) is 24.1. The molecule has 2 saturated carbocycles. The third-order valence-electron chi connectivity index (χ3n) is 8.32. The number of hydrogen-bond donors (Lipinski definition) is 2. The Kier molecular flexibility index (Phi) is 7.63. The molecule has 3 fully saturated rings. The van der Waals surface area contributed by atoms with Crippen molar-refractivity contribution in [3.8, 4) is 0 Å². The van der Waals surface area contributed by atoms with Crippen LogP contribution in [-0.4, -0.2) is 45.9 Å². The Morgan fingerprint density at radius 2 is 1.95 bits per heavy atom. The zero-order chi connectivity index (χ0) is 28.8.